The molecular formula is C13H9ClN4O2. The zero-order valence-electron chi connectivity index (χ0n) is 10.4. The minimum Gasteiger partial charge on any atom is -0.321 e. The Morgan fingerprint density at radius 2 is 1.95 bits per heavy atom. The third-order valence-electron chi connectivity index (χ3n) is 2.64. The van der Waals surface area contributed by atoms with Crippen molar-refractivity contribution in [3.05, 3.63) is 51.7 Å². The fraction of sp³-hybridized carbons (Fsp3) is 0.0769. The Labute approximate surface area is 118 Å². The van der Waals surface area contributed by atoms with E-state index in [1.54, 1.807) is 25.1 Å². The highest BCUT2D eigenvalue weighted by Crippen LogP contribution is 2.23. The molecular weight excluding hydrogens is 280 g/mol. The van der Waals surface area contributed by atoms with Crippen molar-refractivity contribution in [3.8, 4) is 22.8 Å². The first-order chi connectivity index (χ1) is 9.61. The average molecular weight is 289 g/mol. The molecule has 0 saturated carbocycles. The highest BCUT2D eigenvalue weighted by Gasteiger charge is 2.10. The van der Waals surface area contributed by atoms with Gasteiger partial charge in [0, 0.05) is 10.6 Å². The minimum absolute atomic E-state index is 0.267. The smallest absolute Gasteiger partial charge is 0.321 e. The summed E-state index contributed by atoms with van der Waals surface area (Å²) < 4.78 is 4.55. The van der Waals surface area contributed by atoms with Gasteiger partial charge in [0.05, 0.1) is 5.69 Å². The van der Waals surface area contributed by atoms with Crippen molar-refractivity contribution in [2.24, 2.45) is 0 Å². The van der Waals surface area contributed by atoms with Crippen LogP contribution < -0.4 is 5.76 Å². The Balaban J connectivity index is 2.14. The molecule has 1 aromatic carbocycles. The van der Waals surface area contributed by atoms with E-state index < -0.39 is 5.76 Å². The maximum absolute atomic E-state index is 11.0. The van der Waals surface area contributed by atoms with Gasteiger partial charge in [-0.2, -0.15) is 10.1 Å². The Bertz CT molecular complexity index is 825. The fourth-order valence-corrected chi connectivity index (χ4v) is 2.01. The van der Waals surface area contributed by atoms with Gasteiger partial charge in [-0.05, 0) is 25.1 Å². The van der Waals surface area contributed by atoms with Crippen LogP contribution >= 0.6 is 11.6 Å². The van der Waals surface area contributed by atoms with Crippen molar-refractivity contribution in [2.45, 2.75) is 6.92 Å². The highest BCUT2D eigenvalue weighted by molar-refractivity contribution is 6.30. The van der Waals surface area contributed by atoms with Crippen LogP contribution in [0, 0.1) is 6.92 Å². The number of nitrogens with zero attached hydrogens (tertiary/aromatic N) is 3. The average Bonchev–Trinajstić information content (AvgIpc) is 2.85. The van der Waals surface area contributed by atoms with Gasteiger partial charge in [0.2, 0.25) is 0 Å². The topological polar surface area (TPSA) is 84.7 Å². The van der Waals surface area contributed by atoms with Gasteiger partial charge >= 0.3 is 5.76 Å². The molecule has 0 amide bonds. The van der Waals surface area contributed by atoms with Gasteiger partial charge in [-0.1, -0.05) is 23.7 Å². The summed E-state index contributed by atoms with van der Waals surface area (Å²) in [6.45, 7) is 1.76. The number of aromatic amines is 1. The quantitative estimate of drug-likeness (QED) is 0.783. The molecule has 100 valence electrons. The molecule has 7 heteroatoms. The summed E-state index contributed by atoms with van der Waals surface area (Å²) in [5.41, 5.74) is 2.03. The van der Waals surface area contributed by atoms with Crippen molar-refractivity contribution in [1.82, 2.24) is 20.1 Å². The molecule has 0 radical (unpaired) electrons. The zero-order valence-corrected chi connectivity index (χ0v) is 11.2. The van der Waals surface area contributed by atoms with E-state index in [1.807, 2.05) is 12.1 Å². The number of hydrogen-bond acceptors (Lipinski definition) is 5. The number of H-pyrrole nitrogens is 1. The number of hydrogen-bond donors (Lipinski definition) is 1. The third-order valence-corrected chi connectivity index (χ3v) is 2.87. The Morgan fingerprint density at radius 3 is 2.65 bits per heavy atom. The molecule has 0 bridgehead atoms. The van der Waals surface area contributed by atoms with Crippen LogP contribution in [0.5, 0.6) is 0 Å². The third kappa shape index (κ3) is 2.46. The predicted molar refractivity (Wildman–Crippen MR) is 73.3 cm³/mol. The van der Waals surface area contributed by atoms with Crippen LogP contribution in [-0.4, -0.2) is 20.1 Å². The summed E-state index contributed by atoms with van der Waals surface area (Å²) in [6, 6.07) is 9.04. The first-order valence-electron chi connectivity index (χ1n) is 5.79. The maximum atomic E-state index is 11.0. The van der Waals surface area contributed by atoms with Crippen molar-refractivity contribution < 1.29 is 4.52 Å². The number of halogens is 1. The monoisotopic (exact) mass is 288 g/mol. The Morgan fingerprint density at radius 1 is 1.15 bits per heavy atom. The second-order valence-electron chi connectivity index (χ2n) is 4.13. The van der Waals surface area contributed by atoms with Crippen molar-refractivity contribution >= 4 is 11.6 Å². The van der Waals surface area contributed by atoms with Crippen molar-refractivity contribution in [3.63, 3.8) is 0 Å². The van der Waals surface area contributed by atoms with Crippen LogP contribution in [-0.2, 0) is 0 Å². The molecule has 20 heavy (non-hydrogen) atoms. The largest absolute Gasteiger partial charge is 0.460 e. The number of aromatic nitrogens is 4. The lowest BCUT2D eigenvalue weighted by atomic mass is 10.1. The summed E-state index contributed by atoms with van der Waals surface area (Å²) in [6.07, 6.45) is 0. The zero-order chi connectivity index (χ0) is 14.1. The SMILES string of the molecule is Cc1nc(-c2cccc(Cl)c2)cc(-c2nc(=O)o[nH]2)n1. The second kappa shape index (κ2) is 4.90. The standard InChI is InChI=1S/C13H9ClN4O2/c1-7-15-10(8-3-2-4-9(14)5-8)6-11(16-7)12-17-13(19)20-18-12/h2-6H,1H3,(H,17,18,19). The maximum Gasteiger partial charge on any atom is 0.460 e. The number of nitrogens with one attached hydrogen (secondary N) is 1. The van der Waals surface area contributed by atoms with Crippen LogP contribution in [0.3, 0.4) is 0 Å². The second-order valence-corrected chi connectivity index (χ2v) is 4.56. The Kier molecular flexibility index (Phi) is 3.08. The molecule has 3 rings (SSSR count). The van der Waals surface area contributed by atoms with E-state index in [1.165, 1.54) is 0 Å². The van der Waals surface area contributed by atoms with E-state index in [0.717, 1.165) is 5.56 Å². The first-order valence-corrected chi connectivity index (χ1v) is 6.17. The lowest BCUT2D eigenvalue weighted by Gasteiger charge is -2.04. The molecule has 6 nitrogen and oxygen atoms in total. The summed E-state index contributed by atoms with van der Waals surface area (Å²) in [7, 11) is 0. The summed E-state index contributed by atoms with van der Waals surface area (Å²) >= 11 is 5.98. The molecule has 0 aliphatic heterocycles. The van der Waals surface area contributed by atoms with E-state index in [9.17, 15) is 4.79 Å². The molecule has 2 heterocycles. The van der Waals surface area contributed by atoms with Gasteiger partial charge in [0.25, 0.3) is 0 Å². The van der Waals surface area contributed by atoms with Crippen LogP contribution in [0.1, 0.15) is 5.82 Å². The predicted octanol–water partition coefficient (Wildman–Crippen LogP) is 2.45. The van der Waals surface area contributed by atoms with Crippen LogP contribution in [0.25, 0.3) is 22.8 Å². The van der Waals surface area contributed by atoms with Gasteiger partial charge in [-0.15, -0.1) is 0 Å². The molecule has 0 atom stereocenters. The van der Waals surface area contributed by atoms with Crippen molar-refractivity contribution in [1.29, 1.82) is 0 Å². The number of rotatable bonds is 2. The number of benzene rings is 1. The molecule has 0 spiro atoms. The molecule has 3 aromatic rings. The molecule has 0 aliphatic rings. The van der Waals surface area contributed by atoms with Crippen LogP contribution in [0.4, 0.5) is 0 Å². The van der Waals surface area contributed by atoms with Gasteiger partial charge in [-0.3, -0.25) is 0 Å². The van der Waals surface area contributed by atoms with Gasteiger partial charge < -0.3 is 4.52 Å². The van der Waals surface area contributed by atoms with E-state index in [2.05, 4.69) is 24.6 Å². The summed E-state index contributed by atoms with van der Waals surface area (Å²) in [5.74, 6) is 0.130. The van der Waals surface area contributed by atoms with E-state index in [0.29, 0.717) is 22.2 Å². The van der Waals surface area contributed by atoms with E-state index >= 15 is 0 Å². The molecule has 0 fully saturated rings. The highest BCUT2D eigenvalue weighted by atomic mass is 35.5. The molecule has 0 aliphatic carbocycles. The first kappa shape index (κ1) is 12.6. The molecule has 0 saturated heterocycles. The molecule has 1 N–H and O–H groups in total. The summed E-state index contributed by atoms with van der Waals surface area (Å²) in [5, 5.41) is 3.04. The fourth-order valence-electron chi connectivity index (χ4n) is 1.82. The molecule has 2 aromatic heterocycles. The molecule has 0 unspecified atom stereocenters. The van der Waals surface area contributed by atoms with Crippen LogP contribution in [0.2, 0.25) is 5.02 Å². The normalized spacial score (nSPS) is 10.7. The Hall–Kier alpha value is -2.47. The van der Waals surface area contributed by atoms with Gasteiger partial charge in [-0.25, -0.2) is 14.8 Å². The minimum atomic E-state index is -0.694. The van der Waals surface area contributed by atoms with E-state index in [4.69, 9.17) is 11.6 Å². The number of aryl methyl sites for hydroxylation is 1. The van der Waals surface area contributed by atoms with Gasteiger partial charge in [0.1, 0.15) is 11.5 Å². The van der Waals surface area contributed by atoms with Crippen molar-refractivity contribution in [2.75, 3.05) is 0 Å². The van der Waals surface area contributed by atoms with Crippen LogP contribution in [0.15, 0.2) is 39.6 Å². The summed E-state index contributed by atoms with van der Waals surface area (Å²) in [4.78, 5) is 23.2. The van der Waals surface area contributed by atoms with Gasteiger partial charge in [0.15, 0.2) is 5.82 Å². The van der Waals surface area contributed by atoms with E-state index in [-0.39, 0.29) is 5.82 Å². The lowest BCUT2D eigenvalue weighted by molar-refractivity contribution is 0.387. The lowest BCUT2D eigenvalue weighted by Crippen LogP contribution is -1.98.